The molecule has 0 aromatic carbocycles. The van der Waals surface area contributed by atoms with E-state index in [9.17, 15) is 5.21 Å². The van der Waals surface area contributed by atoms with Crippen LogP contribution in [0.4, 0.5) is 0 Å². The molecule has 1 heterocycles. The Labute approximate surface area is 139 Å². The van der Waals surface area contributed by atoms with Crippen molar-refractivity contribution < 1.29 is 4.48 Å². The molecular weight excluding hydrogens is 272 g/mol. The fourth-order valence-electron chi connectivity index (χ4n) is 4.19. The summed E-state index contributed by atoms with van der Waals surface area (Å²) < 4.78 is 1.06. The van der Waals surface area contributed by atoms with Crippen LogP contribution in [-0.2, 0) is 0 Å². The summed E-state index contributed by atoms with van der Waals surface area (Å²) in [5.74, 6) is 0. The van der Waals surface area contributed by atoms with Gasteiger partial charge in [0.25, 0.3) is 0 Å². The van der Waals surface area contributed by atoms with Crippen molar-refractivity contribution in [2.75, 3.05) is 20.6 Å². The minimum atomic E-state index is -0.247. The van der Waals surface area contributed by atoms with Crippen LogP contribution in [0.3, 0.4) is 0 Å². The molecule has 1 saturated heterocycles. The predicted molar refractivity (Wildman–Crippen MR) is 96.7 cm³/mol. The van der Waals surface area contributed by atoms with Gasteiger partial charge in [0.05, 0.1) is 26.7 Å². The maximum atomic E-state index is 12.5. The minimum Gasteiger partial charge on any atom is -0.784 e. The summed E-state index contributed by atoms with van der Waals surface area (Å²) >= 11 is 0. The summed E-state index contributed by atoms with van der Waals surface area (Å²) in [7, 11) is 4.73. The second kappa shape index (κ2) is 7.63. The highest BCUT2D eigenvalue weighted by Gasteiger charge is 2.45. The topological polar surface area (TPSA) is 26.3 Å². The number of hydrogen-bond donors (Lipinski definition) is 0. The number of nitrogens with zero attached hydrogens (tertiary/aromatic N) is 2. The molecule has 0 aromatic rings. The lowest BCUT2D eigenvalue weighted by molar-refractivity contribution is -0.918. The molecule has 132 valence electrons. The van der Waals surface area contributed by atoms with Gasteiger partial charge in [-0.2, -0.15) is 0 Å². The molecule has 1 rings (SSSR count). The molecule has 0 radical (unpaired) electrons. The van der Waals surface area contributed by atoms with Gasteiger partial charge in [0.15, 0.2) is 0 Å². The fraction of sp³-hybridized carbons (Fsp3) is 1.00. The quantitative estimate of drug-likeness (QED) is 0.468. The molecule has 3 nitrogen and oxygen atoms in total. The summed E-state index contributed by atoms with van der Waals surface area (Å²) in [5.41, 5.74) is -0.494. The smallest absolute Gasteiger partial charge is 0.0920 e. The van der Waals surface area contributed by atoms with Gasteiger partial charge in [-0.15, -0.1) is 0 Å². The first-order valence-electron chi connectivity index (χ1n) is 9.33. The first-order chi connectivity index (χ1) is 10.0. The molecule has 1 aliphatic rings. The van der Waals surface area contributed by atoms with Crippen LogP contribution in [0.25, 0.3) is 0 Å². The van der Waals surface area contributed by atoms with Crippen molar-refractivity contribution >= 4 is 0 Å². The lowest BCUT2D eigenvalue weighted by Gasteiger charge is -2.61. The molecule has 0 spiro atoms. The van der Waals surface area contributed by atoms with Crippen LogP contribution >= 0.6 is 0 Å². The zero-order valence-corrected chi connectivity index (χ0v) is 16.2. The van der Waals surface area contributed by atoms with Gasteiger partial charge in [-0.3, -0.25) is 0 Å². The van der Waals surface area contributed by atoms with E-state index >= 15 is 0 Å². The standard InChI is InChI=1S/C19H40N2O/c1-8-9-10-11-12-13-14-21(6,7)17-15-18(2,3)20(22)19(4,5)16-17/h17H,8-16H2,1-7H3. The lowest BCUT2D eigenvalue weighted by atomic mass is 9.77. The predicted octanol–water partition coefficient (Wildman–Crippen LogP) is 4.94. The van der Waals surface area contributed by atoms with Gasteiger partial charge in [-0.25, -0.2) is 0 Å². The van der Waals surface area contributed by atoms with E-state index in [0.29, 0.717) is 6.04 Å². The van der Waals surface area contributed by atoms with Gasteiger partial charge in [0.1, 0.15) is 0 Å². The second-order valence-electron chi connectivity index (χ2n) is 9.25. The van der Waals surface area contributed by atoms with Gasteiger partial charge < -0.3 is 14.8 Å². The van der Waals surface area contributed by atoms with Gasteiger partial charge in [0.2, 0.25) is 0 Å². The summed E-state index contributed by atoms with van der Waals surface area (Å²) in [6.07, 6.45) is 10.1. The van der Waals surface area contributed by atoms with Crippen molar-refractivity contribution in [3.05, 3.63) is 5.21 Å². The maximum absolute atomic E-state index is 12.5. The molecule has 0 bridgehead atoms. The number of hydrogen-bond acceptors (Lipinski definition) is 2. The van der Waals surface area contributed by atoms with E-state index in [0.717, 1.165) is 17.3 Å². The van der Waals surface area contributed by atoms with E-state index in [4.69, 9.17) is 0 Å². The van der Waals surface area contributed by atoms with E-state index in [1.165, 1.54) is 50.1 Å². The van der Waals surface area contributed by atoms with Crippen molar-refractivity contribution in [3.8, 4) is 0 Å². The van der Waals surface area contributed by atoms with E-state index in [1.807, 2.05) is 0 Å². The van der Waals surface area contributed by atoms with Gasteiger partial charge in [-0.05, 0) is 40.5 Å². The number of rotatable bonds is 8. The number of hydroxylamine groups is 2. The molecule has 0 saturated carbocycles. The van der Waals surface area contributed by atoms with Crippen molar-refractivity contribution in [3.63, 3.8) is 0 Å². The third kappa shape index (κ3) is 5.21. The second-order valence-corrected chi connectivity index (χ2v) is 9.25. The molecule has 22 heavy (non-hydrogen) atoms. The van der Waals surface area contributed by atoms with Crippen molar-refractivity contribution in [1.29, 1.82) is 0 Å². The lowest BCUT2D eigenvalue weighted by Crippen LogP contribution is -2.65. The normalized spacial score (nSPS) is 22.9. The van der Waals surface area contributed by atoms with Crippen LogP contribution in [0.5, 0.6) is 0 Å². The Hall–Kier alpha value is -0.120. The molecule has 0 atom stereocenters. The zero-order valence-electron chi connectivity index (χ0n) is 16.2. The zero-order chi connectivity index (χ0) is 17.0. The average molecular weight is 313 g/mol. The van der Waals surface area contributed by atoms with E-state index in [2.05, 4.69) is 48.7 Å². The molecule has 0 unspecified atom stereocenters. The minimum absolute atomic E-state index is 0.247. The Morgan fingerprint density at radius 2 is 1.36 bits per heavy atom. The van der Waals surface area contributed by atoms with Crippen LogP contribution in [-0.4, -0.2) is 47.3 Å². The monoisotopic (exact) mass is 312 g/mol. The van der Waals surface area contributed by atoms with Crippen LogP contribution in [0, 0.1) is 5.21 Å². The van der Waals surface area contributed by atoms with Crippen molar-refractivity contribution in [2.24, 2.45) is 0 Å². The third-order valence-electron chi connectivity index (χ3n) is 5.65. The Morgan fingerprint density at radius 1 is 0.909 bits per heavy atom. The van der Waals surface area contributed by atoms with Gasteiger partial charge >= 0.3 is 0 Å². The third-order valence-corrected chi connectivity index (χ3v) is 5.65. The largest absolute Gasteiger partial charge is 0.784 e. The average Bonchev–Trinajstić information content (AvgIpc) is 2.39. The molecular formula is C19H40N2O. The van der Waals surface area contributed by atoms with Crippen LogP contribution in [0.1, 0.15) is 86.0 Å². The van der Waals surface area contributed by atoms with E-state index in [-0.39, 0.29) is 11.1 Å². The van der Waals surface area contributed by atoms with Crippen molar-refractivity contribution in [1.82, 2.24) is 5.06 Å². The van der Waals surface area contributed by atoms with Crippen LogP contribution in [0.2, 0.25) is 0 Å². The molecule has 0 aromatic heterocycles. The SMILES string of the molecule is CCCCCCCC[N+](C)(C)C1CC(C)(C)N([O-])C(C)(C)C1. The Balaban J connectivity index is 2.53. The summed E-state index contributed by atoms with van der Waals surface area (Å²) in [6, 6.07) is 0.589. The Kier molecular flexibility index (Phi) is 6.91. The molecule has 0 N–H and O–H groups in total. The molecule has 1 aliphatic heterocycles. The number of quaternary nitrogens is 1. The van der Waals surface area contributed by atoms with Crippen molar-refractivity contribution in [2.45, 2.75) is 103 Å². The molecule has 0 amide bonds. The maximum Gasteiger partial charge on any atom is 0.0920 e. The van der Waals surface area contributed by atoms with Crippen LogP contribution < -0.4 is 0 Å². The Bertz CT molecular complexity index is 318. The fourth-order valence-corrected chi connectivity index (χ4v) is 4.19. The molecule has 1 fully saturated rings. The van der Waals surface area contributed by atoms with Gasteiger partial charge in [0, 0.05) is 23.9 Å². The number of unbranched alkanes of at least 4 members (excludes halogenated alkanes) is 5. The summed E-state index contributed by atoms with van der Waals surface area (Å²) in [6.45, 7) is 11.9. The van der Waals surface area contributed by atoms with E-state index < -0.39 is 0 Å². The van der Waals surface area contributed by atoms with Gasteiger partial charge in [-0.1, -0.05) is 32.6 Å². The first kappa shape index (κ1) is 19.9. The Morgan fingerprint density at radius 3 is 1.86 bits per heavy atom. The molecule has 3 heteroatoms. The first-order valence-corrected chi connectivity index (χ1v) is 9.33. The van der Waals surface area contributed by atoms with E-state index in [1.54, 1.807) is 0 Å². The summed E-state index contributed by atoms with van der Waals surface area (Å²) in [4.78, 5) is 0. The number of piperidine rings is 1. The summed E-state index contributed by atoms with van der Waals surface area (Å²) in [5, 5.41) is 13.9. The highest BCUT2D eigenvalue weighted by molar-refractivity contribution is 5.01. The highest BCUT2D eigenvalue weighted by Crippen LogP contribution is 2.40. The van der Waals surface area contributed by atoms with Crippen LogP contribution in [0.15, 0.2) is 0 Å². The molecule has 0 aliphatic carbocycles. The highest BCUT2D eigenvalue weighted by atomic mass is 16.5.